The van der Waals surface area contributed by atoms with E-state index in [1.165, 1.54) is 27.4 Å². The van der Waals surface area contributed by atoms with Crippen LogP contribution in [0.25, 0.3) is 0 Å². The molecule has 0 aromatic heterocycles. The number of methoxy groups -OCH3 is 3. The molecule has 1 N–H and O–H groups in total. The van der Waals surface area contributed by atoms with Crippen molar-refractivity contribution in [3.05, 3.63) is 87.9 Å². The summed E-state index contributed by atoms with van der Waals surface area (Å²) in [6, 6.07) is 18.1. The standard InChI is InChI=1S/C28H26BrNO8/c1-34-18-10-12-22-19(15-18)24(31)26(25(37-22)17-9-11-23(35-2)20(29)14-17)38-28(33)30-21(27(32)36-3)13-16-7-5-4-6-8-16/h4-12,14-15,21,25-26H,13H2,1-3H3,(H,30,33)/t21-,25-,26?/m0/s1. The van der Waals surface area contributed by atoms with Crippen LogP contribution in [-0.2, 0) is 20.7 Å². The lowest BCUT2D eigenvalue weighted by Gasteiger charge is -2.33. The van der Waals surface area contributed by atoms with Gasteiger partial charge < -0.3 is 29.0 Å². The Bertz CT molecular complexity index is 1330. The highest BCUT2D eigenvalue weighted by atomic mass is 79.9. The molecule has 0 saturated heterocycles. The zero-order valence-corrected chi connectivity index (χ0v) is 22.5. The van der Waals surface area contributed by atoms with Crippen molar-refractivity contribution >= 4 is 33.8 Å². The number of benzene rings is 3. The van der Waals surface area contributed by atoms with E-state index in [0.29, 0.717) is 27.3 Å². The number of alkyl carbamates (subject to hydrolysis) is 1. The fraction of sp³-hybridized carbons (Fsp3) is 0.250. The number of hydrogen-bond donors (Lipinski definition) is 1. The second-order valence-corrected chi connectivity index (χ2v) is 9.25. The van der Waals surface area contributed by atoms with Gasteiger partial charge in [-0.05, 0) is 57.4 Å². The van der Waals surface area contributed by atoms with Crippen molar-refractivity contribution in [2.45, 2.75) is 24.7 Å². The van der Waals surface area contributed by atoms with Crippen LogP contribution in [-0.4, -0.2) is 51.3 Å². The molecule has 3 aromatic rings. The minimum Gasteiger partial charge on any atom is -0.497 e. The molecule has 1 unspecified atom stereocenters. The molecule has 0 fully saturated rings. The van der Waals surface area contributed by atoms with Crippen LogP contribution < -0.4 is 19.5 Å². The third-order valence-corrected chi connectivity index (χ3v) is 6.66. The zero-order valence-electron chi connectivity index (χ0n) is 20.9. The molecular formula is C28H26BrNO8. The minimum absolute atomic E-state index is 0.173. The molecule has 10 heteroatoms. The van der Waals surface area contributed by atoms with Crippen molar-refractivity contribution < 1.29 is 38.1 Å². The first-order chi connectivity index (χ1) is 18.3. The van der Waals surface area contributed by atoms with E-state index in [1.54, 1.807) is 30.3 Å². The lowest BCUT2D eigenvalue weighted by molar-refractivity contribution is -0.143. The Balaban J connectivity index is 1.63. The molecule has 0 bridgehead atoms. The summed E-state index contributed by atoms with van der Waals surface area (Å²) in [7, 11) is 4.25. The van der Waals surface area contributed by atoms with Gasteiger partial charge in [-0.2, -0.15) is 0 Å². The number of ether oxygens (including phenoxy) is 5. The molecule has 3 aromatic carbocycles. The molecule has 4 rings (SSSR count). The van der Waals surface area contributed by atoms with Crippen LogP contribution >= 0.6 is 15.9 Å². The SMILES string of the molecule is COC(=O)[C@H](Cc1ccccc1)NC(=O)OC1C(=O)c2cc(OC)ccc2O[C@H]1c1ccc(OC)c(Br)c1. The third-order valence-electron chi connectivity index (χ3n) is 6.04. The first-order valence-electron chi connectivity index (χ1n) is 11.7. The predicted molar refractivity (Wildman–Crippen MR) is 141 cm³/mol. The molecule has 3 atom stereocenters. The minimum atomic E-state index is -1.36. The average Bonchev–Trinajstić information content (AvgIpc) is 2.94. The van der Waals surface area contributed by atoms with Crippen molar-refractivity contribution in [2.24, 2.45) is 0 Å². The smallest absolute Gasteiger partial charge is 0.408 e. The number of nitrogens with one attached hydrogen (secondary N) is 1. The number of fused-ring (bicyclic) bond motifs is 1. The fourth-order valence-electron chi connectivity index (χ4n) is 4.12. The summed E-state index contributed by atoms with van der Waals surface area (Å²) in [5.74, 6) is 0.225. The van der Waals surface area contributed by atoms with Gasteiger partial charge in [0.05, 0.1) is 31.4 Å². The molecule has 1 aliphatic heterocycles. The van der Waals surface area contributed by atoms with E-state index in [9.17, 15) is 14.4 Å². The average molecular weight is 584 g/mol. The highest BCUT2D eigenvalue weighted by Gasteiger charge is 2.42. The van der Waals surface area contributed by atoms with E-state index in [-0.39, 0.29) is 12.0 Å². The molecule has 1 amide bonds. The lowest BCUT2D eigenvalue weighted by atomic mass is 9.93. The summed E-state index contributed by atoms with van der Waals surface area (Å²) >= 11 is 3.45. The molecule has 1 aliphatic rings. The Labute approximate surface area is 228 Å². The molecule has 1 heterocycles. The molecule has 9 nitrogen and oxygen atoms in total. The third kappa shape index (κ3) is 5.91. The van der Waals surface area contributed by atoms with Gasteiger partial charge in [0, 0.05) is 6.42 Å². The molecule has 38 heavy (non-hydrogen) atoms. The van der Waals surface area contributed by atoms with Gasteiger partial charge in [-0.25, -0.2) is 9.59 Å². The van der Waals surface area contributed by atoms with Crippen LogP contribution in [0.15, 0.2) is 71.2 Å². The number of carbonyl (C=O) groups is 3. The number of amides is 1. The molecule has 0 radical (unpaired) electrons. The van der Waals surface area contributed by atoms with Crippen LogP contribution in [0.4, 0.5) is 4.79 Å². The van der Waals surface area contributed by atoms with E-state index in [4.69, 9.17) is 23.7 Å². The highest BCUT2D eigenvalue weighted by molar-refractivity contribution is 9.10. The second kappa shape index (κ2) is 12.0. The van der Waals surface area contributed by atoms with Gasteiger partial charge in [0.25, 0.3) is 0 Å². The van der Waals surface area contributed by atoms with Crippen LogP contribution in [0.2, 0.25) is 0 Å². The van der Waals surface area contributed by atoms with Crippen molar-refractivity contribution in [1.29, 1.82) is 0 Å². The van der Waals surface area contributed by atoms with E-state index < -0.39 is 36.1 Å². The molecular weight excluding hydrogens is 558 g/mol. The number of rotatable bonds is 8. The number of halogens is 1. The first kappa shape index (κ1) is 27.0. The summed E-state index contributed by atoms with van der Waals surface area (Å²) in [6.45, 7) is 0. The monoisotopic (exact) mass is 583 g/mol. The van der Waals surface area contributed by atoms with Crippen molar-refractivity contribution in [2.75, 3.05) is 21.3 Å². The second-order valence-electron chi connectivity index (χ2n) is 8.39. The summed E-state index contributed by atoms with van der Waals surface area (Å²) < 4.78 is 27.8. The molecule has 0 spiro atoms. The van der Waals surface area contributed by atoms with Crippen LogP contribution in [0.3, 0.4) is 0 Å². The number of esters is 1. The number of Topliss-reactive ketones (excluding diaryl/α,β-unsaturated/α-hetero) is 1. The molecule has 198 valence electrons. The van der Waals surface area contributed by atoms with E-state index in [0.717, 1.165) is 5.56 Å². The first-order valence-corrected chi connectivity index (χ1v) is 12.4. The van der Waals surface area contributed by atoms with Gasteiger partial charge in [0.1, 0.15) is 23.3 Å². The van der Waals surface area contributed by atoms with Crippen LogP contribution in [0.1, 0.15) is 27.6 Å². The van der Waals surface area contributed by atoms with Gasteiger partial charge in [-0.3, -0.25) is 4.79 Å². The maximum absolute atomic E-state index is 13.6. The van der Waals surface area contributed by atoms with Gasteiger partial charge in [-0.1, -0.05) is 36.4 Å². The van der Waals surface area contributed by atoms with Gasteiger partial charge in [-0.15, -0.1) is 0 Å². The Hall–Kier alpha value is -4.05. The summed E-state index contributed by atoms with van der Waals surface area (Å²) in [4.78, 5) is 39.1. The largest absolute Gasteiger partial charge is 0.497 e. The van der Waals surface area contributed by atoms with Crippen molar-refractivity contribution in [3.63, 3.8) is 0 Å². The number of carbonyl (C=O) groups excluding carboxylic acids is 3. The van der Waals surface area contributed by atoms with E-state index >= 15 is 0 Å². The summed E-state index contributed by atoms with van der Waals surface area (Å²) in [5, 5.41) is 2.53. The van der Waals surface area contributed by atoms with Crippen molar-refractivity contribution in [3.8, 4) is 17.2 Å². The maximum Gasteiger partial charge on any atom is 0.408 e. The highest BCUT2D eigenvalue weighted by Crippen LogP contribution is 2.40. The fourth-order valence-corrected chi connectivity index (χ4v) is 4.67. The number of ketones is 1. The lowest BCUT2D eigenvalue weighted by Crippen LogP contribution is -2.47. The summed E-state index contributed by atoms with van der Waals surface area (Å²) in [6.07, 6.45) is -3.12. The van der Waals surface area contributed by atoms with Gasteiger partial charge >= 0.3 is 12.1 Å². The Morgan fingerprint density at radius 3 is 2.42 bits per heavy atom. The Kier molecular flexibility index (Phi) is 8.52. The number of hydrogen-bond acceptors (Lipinski definition) is 8. The Morgan fingerprint density at radius 1 is 1.00 bits per heavy atom. The van der Waals surface area contributed by atoms with Gasteiger partial charge in [0.2, 0.25) is 11.9 Å². The predicted octanol–water partition coefficient (Wildman–Crippen LogP) is 4.66. The zero-order chi connectivity index (χ0) is 27.2. The Morgan fingerprint density at radius 2 is 1.76 bits per heavy atom. The van der Waals surface area contributed by atoms with E-state index in [1.807, 2.05) is 30.3 Å². The molecule has 0 aliphatic carbocycles. The normalized spacial score (nSPS) is 16.9. The van der Waals surface area contributed by atoms with Crippen LogP contribution in [0.5, 0.6) is 17.2 Å². The summed E-state index contributed by atoms with van der Waals surface area (Å²) in [5.41, 5.74) is 1.58. The topological polar surface area (TPSA) is 109 Å². The van der Waals surface area contributed by atoms with Gasteiger partial charge in [0.15, 0.2) is 6.10 Å². The molecule has 0 saturated carbocycles. The quantitative estimate of drug-likeness (QED) is 0.381. The van der Waals surface area contributed by atoms with Crippen molar-refractivity contribution in [1.82, 2.24) is 5.32 Å². The van der Waals surface area contributed by atoms with Crippen LogP contribution in [0, 0.1) is 0 Å². The van der Waals surface area contributed by atoms with E-state index in [2.05, 4.69) is 21.2 Å². The maximum atomic E-state index is 13.6.